The minimum Gasteiger partial charge on any atom is -0.496 e. The minimum atomic E-state index is -3.69. The van der Waals surface area contributed by atoms with Crippen molar-refractivity contribution >= 4 is 54.7 Å². The first kappa shape index (κ1) is 40.4. The third-order valence-electron chi connectivity index (χ3n) is 9.18. The minimum absolute atomic E-state index is 0.102. The van der Waals surface area contributed by atoms with Crippen molar-refractivity contribution in [2.75, 3.05) is 56.8 Å². The molecular weight excluding hydrogens is 760 g/mol. The third-order valence-corrected chi connectivity index (χ3v) is 13.3. The molecule has 2 aromatic heterocycles. The average Bonchev–Trinajstić information content (AvgIpc) is 3.16. The van der Waals surface area contributed by atoms with Crippen molar-refractivity contribution in [2.45, 2.75) is 54.5 Å². The number of rotatable bonds is 11. The fraction of sp³-hybridized carbons (Fsp3) is 0.371. The monoisotopic (exact) mass is 802 g/mol. The first-order chi connectivity index (χ1) is 25.7. The lowest BCUT2D eigenvalue weighted by molar-refractivity contribution is -0.384. The van der Waals surface area contributed by atoms with E-state index in [2.05, 4.69) is 20.6 Å². The van der Waals surface area contributed by atoms with E-state index < -0.39 is 25.0 Å². The van der Waals surface area contributed by atoms with E-state index in [4.69, 9.17) is 26.8 Å². The molecule has 4 N–H and O–H groups in total. The number of hydrogen-bond donors (Lipinski definition) is 3. The van der Waals surface area contributed by atoms with E-state index >= 15 is 0 Å². The summed E-state index contributed by atoms with van der Waals surface area (Å²) in [6.07, 6.45) is 5.55. The Labute approximate surface area is 319 Å². The van der Waals surface area contributed by atoms with Crippen LogP contribution < -0.4 is 25.8 Å². The SMILES string of the molecule is COc1ccc(S(=O)(=O)N2CCC(Nc3ncccc3N)CC2)cc1C.COc1ccc(S(=O)(=O)N2CCC(Nc3ncccc3[N+](=O)[O-])CC2)cc1Cl. The molecule has 0 atom stereocenters. The van der Waals surface area contributed by atoms with Crippen LogP contribution in [0.15, 0.2) is 82.8 Å². The molecule has 4 aromatic rings. The van der Waals surface area contributed by atoms with E-state index in [1.54, 1.807) is 43.6 Å². The van der Waals surface area contributed by atoms with Crippen molar-refractivity contribution in [3.63, 3.8) is 0 Å². The van der Waals surface area contributed by atoms with E-state index in [1.165, 1.54) is 52.2 Å². The lowest BCUT2D eigenvalue weighted by Gasteiger charge is -2.32. The maximum absolute atomic E-state index is 12.9. The Morgan fingerprint density at radius 1 is 0.778 bits per heavy atom. The summed E-state index contributed by atoms with van der Waals surface area (Å²) in [5, 5.41) is 17.7. The molecule has 290 valence electrons. The number of nitro groups is 1. The number of methoxy groups -OCH3 is 2. The number of aromatic nitrogens is 2. The smallest absolute Gasteiger partial charge is 0.311 e. The second-order valence-electron chi connectivity index (χ2n) is 12.6. The fourth-order valence-corrected chi connectivity index (χ4v) is 9.55. The van der Waals surface area contributed by atoms with Crippen LogP contribution in [0, 0.1) is 17.0 Å². The summed E-state index contributed by atoms with van der Waals surface area (Å²) in [5.41, 5.74) is 7.20. The number of halogens is 1. The molecule has 54 heavy (non-hydrogen) atoms. The van der Waals surface area contributed by atoms with E-state index in [0.29, 0.717) is 66.7 Å². The van der Waals surface area contributed by atoms with E-state index in [-0.39, 0.29) is 46.6 Å². The van der Waals surface area contributed by atoms with Crippen LogP contribution in [-0.2, 0) is 20.0 Å². The van der Waals surface area contributed by atoms with Crippen molar-refractivity contribution in [1.29, 1.82) is 0 Å². The first-order valence-corrected chi connectivity index (χ1v) is 20.3. The average molecular weight is 803 g/mol. The Hall–Kier alpha value is -4.75. The Kier molecular flexibility index (Phi) is 13.2. The highest BCUT2D eigenvalue weighted by Crippen LogP contribution is 2.31. The fourth-order valence-electron chi connectivity index (χ4n) is 6.18. The predicted molar refractivity (Wildman–Crippen MR) is 206 cm³/mol. The van der Waals surface area contributed by atoms with Gasteiger partial charge in [0, 0.05) is 56.7 Å². The number of benzene rings is 2. The number of nitrogens with two attached hydrogens (primary N) is 1. The van der Waals surface area contributed by atoms with Crippen LogP contribution >= 0.6 is 11.6 Å². The Bertz CT molecular complexity index is 2160. The number of anilines is 3. The van der Waals surface area contributed by atoms with Crippen LogP contribution in [0.5, 0.6) is 11.5 Å². The summed E-state index contributed by atoms with van der Waals surface area (Å²) in [6.45, 7) is 3.31. The van der Waals surface area contributed by atoms with Gasteiger partial charge in [-0.1, -0.05) is 11.6 Å². The van der Waals surface area contributed by atoms with Crippen molar-refractivity contribution in [2.24, 2.45) is 0 Å². The van der Waals surface area contributed by atoms with Gasteiger partial charge in [-0.3, -0.25) is 10.1 Å². The molecule has 16 nitrogen and oxygen atoms in total. The molecule has 6 rings (SSSR count). The molecule has 2 fully saturated rings. The van der Waals surface area contributed by atoms with Gasteiger partial charge in [0.25, 0.3) is 0 Å². The van der Waals surface area contributed by atoms with Crippen LogP contribution in [0.25, 0.3) is 0 Å². The molecule has 0 aliphatic carbocycles. The molecule has 4 heterocycles. The summed E-state index contributed by atoms with van der Waals surface area (Å²) in [6, 6.07) is 15.8. The first-order valence-electron chi connectivity index (χ1n) is 17.1. The van der Waals surface area contributed by atoms with Crippen molar-refractivity contribution in [3.05, 3.63) is 93.8 Å². The molecule has 0 amide bonds. The predicted octanol–water partition coefficient (Wildman–Crippen LogP) is 5.16. The summed E-state index contributed by atoms with van der Waals surface area (Å²) in [4.78, 5) is 19.3. The number of aryl methyl sites for hydroxylation is 1. The van der Waals surface area contributed by atoms with Crippen molar-refractivity contribution in [1.82, 2.24) is 18.6 Å². The Morgan fingerprint density at radius 2 is 1.26 bits per heavy atom. The van der Waals surface area contributed by atoms with Gasteiger partial charge in [-0.15, -0.1) is 0 Å². The van der Waals surface area contributed by atoms with Crippen LogP contribution in [0.2, 0.25) is 5.02 Å². The highest BCUT2D eigenvalue weighted by atomic mass is 35.5. The van der Waals surface area contributed by atoms with Crippen LogP contribution in [-0.4, -0.2) is 92.8 Å². The molecule has 0 spiro atoms. The van der Waals surface area contributed by atoms with Gasteiger partial charge >= 0.3 is 5.69 Å². The summed E-state index contributed by atoms with van der Waals surface area (Å²) < 4.78 is 64.7. The molecule has 0 bridgehead atoms. The lowest BCUT2D eigenvalue weighted by atomic mass is 10.1. The summed E-state index contributed by atoms with van der Waals surface area (Å²) in [5.74, 6) is 1.93. The van der Waals surface area contributed by atoms with Gasteiger partial charge in [-0.2, -0.15) is 8.61 Å². The van der Waals surface area contributed by atoms with Gasteiger partial charge in [-0.25, -0.2) is 26.8 Å². The van der Waals surface area contributed by atoms with Crippen molar-refractivity contribution in [3.8, 4) is 11.5 Å². The molecule has 2 aliphatic rings. The number of nitrogens with one attached hydrogen (secondary N) is 2. The van der Waals surface area contributed by atoms with Gasteiger partial charge in [0.05, 0.1) is 39.6 Å². The second-order valence-corrected chi connectivity index (χ2v) is 16.9. The van der Waals surface area contributed by atoms with Gasteiger partial charge in [-0.05, 0) is 92.8 Å². The largest absolute Gasteiger partial charge is 0.496 e. The number of hydrogen-bond acceptors (Lipinski definition) is 13. The Morgan fingerprint density at radius 3 is 1.74 bits per heavy atom. The van der Waals surface area contributed by atoms with Gasteiger partial charge in [0.15, 0.2) is 0 Å². The normalized spacial score (nSPS) is 16.1. The van der Waals surface area contributed by atoms with Crippen molar-refractivity contribution < 1.29 is 31.2 Å². The van der Waals surface area contributed by atoms with Gasteiger partial charge in [0.1, 0.15) is 17.3 Å². The zero-order valence-corrected chi connectivity index (χ0v) is 32.4. The topological polar surface area (TPSA) is 212 Å². The summed E-state index contributed by atoms with van der Waals surface area (Å²) >= 11 is 6.05. The maximum atomic E-state index is 12.9. The molecule has 2 aromatic carbocycles. The lowest BCUT2D eigenvalue weighted by Crippen LogP contribution is -2.42. The van der Waals surface area contributed by atoms with Gasteiger partial charge in [0.2, 0.25) is 25.9 Å². The van der Waals surface area contributed by atoms with E-state index in [1.807, 2.05) is 6.92 Å². The number of sulfonamides is 2. The molecule has 2 saturated heterocycles. The molecule has 0 saturated carbocycles. The van der Waals surface area contributed by atoms with Gasteiger partial charge < -0.3 is 25.8 Å². The van der Waals surface area contributed by atoms with Crippen LogP contribution in [0.4, 0.5) is 23.0 Å². The number of nitrogen functional groups attached to an aromatic ring is 1. The standard InChI is InChI=1S/C18H24N4O3S.C17H19ClN4O5S/c1-13-12-15(5-6-17(13)25-2)26(23,24)22-10-7-14(8-11-22)21-18-16(19)4-3-9-20-18;1-27-16-5-4-13(11-14(16)18)28(25,26)21-9-6-12(7-10-21)20-17-15(22(23)24)3-2-8-19-17/h3-6,9,12,14H,7-8,10-11,19H2,1-2H3,(H,20,21);2-5,8,11-12H,6-7,9-10H2,1H3,(H,19,20). The maximum Gasteiger partial charge on any atom is 0.311 e. The number of piperidine rings is 2. The zero-order chi connectivity index (χ0) is 39.0. The molecule has 2 aliphatic heterocycles. The number of pyridine rings is 2. The van der Waals surface area contributed by atoms with E-state index in [9.17, 15) is 26.9 Å². The molecular formula is C35H43ClN8O8S2. The van der Waals surface area contributed by atoms with Crippen LogP contribution in [0.3, 0.4) is 0 Å². The van der Waals surface area contributed by atoms with Crippen LogP contribution in [0.1, 0.15) is 31.2 Å². The Balaban J connectivity index is 0.000000208. The zero-order valence-electron chi connectivity index (χ0n) is 30.0. The molecule has 0 radical (unpaired) electrons. The third kappa shape index (κ3) is 9.48. The molecule has 19 heteroatoms. The highest BCUT2D eigenvalue weighted by Gasteiger charge is 2.32. The highest BCUT2D eigenvalue weighted by molar-refractivity contribution is 7.89. The van der Waals surface area contributed by atoms with E-state index in [0.717, 1.165) is 5.56 Å². The quantitative estimate of drug-likeness (QED) is 0.132. The number of ether oxygens (including phenoxy) is 2. The number of nitrogens with zero attached hydrogens (tertiary/aromatic N) is 5. The second kappa shape index (κ2) is 17.6. The molecule has 0 unspecified atom stereocenters. The summed E-state index contributed by atoms with van der Waals surface area (Å²) in [7, 11) is -4.16.